The number of carbonyl (C=O) groups is 2. The van der Waals surface area contributed by atoms with Crippen LogP contribution in [0.5, 0.6) is 0 Å². The Bertz CT molecular complexity index is 791. The highest BCUT2D eigenvalue weighted by Gasteiger charge is 2.46. The van der Waals surface area contributed by atoms with Crippen LogP contribution in [0.1, 0.15) is 38.1 Å². The molecule has 2 rings (SSSR count). The first-order valence-electron chi connectivity index (χ1n) is 8.41. The zero-order valence-electron chi connectivity index (χ0n) is 15.4. The molecule has 2 unspecified atom stereocenters. The molecule has 7 heteroatoms. The zero-order chi connectivity index (χ0) is 19.5. The minimum Gasteiger partial charge on any atom is -0.464 e. The van der Waals surface area contributed by atoms with Crippen molar-refractivity contribution in [2.45, 2.75) is 51.7 Å². The van der Waals surface area contributed by atoms with Crippen molar-refractivity contribution in [3.8, 4) is 0 Å². The van der Waals surface area contributed by atoms with Crippen molar-refractivity contribution < 1.29 is 29.3 Å². The number of hydrogen-bond acceptors (Lipinski definition) is 6. The number of hydrogen-bond donors (Lipinski definition) is 2. The summed E-state index contributed by atoms with van der Waals surface area (Å²) in [5.41, 5.74) is 0.254. The normalized spacial score (nSPS) is 15.5. The molecule has 7 nitrogen and oxygen atoms in total. The van der Waals surface area contributed by atoms with Gasteiger partial charge in [0.15, 0.2) is 6.29 Å². The Kier molecular flexibility index (Phi) is 5.85. The predicted octanol–water partition coefficient (Wildman–Crippen LogP) is 1.88. The highest BCUT2D eigenvalue weighted by atomic mass is 16.7. The number of ether oxygens (including phenoxy) is 2. The van der Waals surface area contributed by atoms with Crippen molar-refractivity contribution in [3.05, 3.63) is 36.0 Å². The molecule has 0 amide bonds. The fourth-order valence-electron chi connectivity index (χ4n) is 2.85. The summed E-state index contributed by atoms with van der Waals surface area (Å²) < 4.78 is 12.0. The maximum absolute atomic E-state index is 12.0. The van der Waals surface area contributed by atoms with Crippen molar-refractivity contribution in [3.63, 3.8) is 0 Å². The summed E-state index contributed by atoms with van der Waals surface area (Å²) in [5.74, 6) is -3.22. The molecule has 0 saturated carbocycles. The van der Waals surface area contributed by atoms with Gasteiger partial charge < -0.3 is 24.3 Å². The summed E-state index contributed by atoms with van der Waals surface area (Å²) in [6, 6.07) is 7.14. The second-order valence-corrected chi connectivity index (χ2v) is 7.06. The van der Waals surface area contributed by atoms with Crippen LogP contribution in [0.2, 0.25) is 0 Å². The van der Waals surface area contributed by atoms with E-state index in [1.807, 2.05) is 0 Å². The quantitative estimate of drug-likeness (QED) is 0.443. The molecule has 1 heterocycles. The van der Waals surface area contributed by atoms with Gasteiger partial charge in [0.1, 0.15) is 0 Å². The van der Waals surface area contributed by atoms with Crippen LogP contribution in [0.3, 0.4) is 0 Å². The second-order valence-electron chi connectivity index (χ2n) is 7.06. The maximum atomic E-state index is 12.0. The van der Waals surface area contributed by atoms with Gasteiger partial charge in [-0.1, -0.05) is 18.2 Å². The van der Waals surface area contributed by atoms with Crippen LogP contribution in [0, 0.1) is 0 Å². The Morgan fingerprint density at radius 1 is 1.31 bits per heavy atom. The van der Waals surface area contributed by atoms with E-state index < -0.39 is 23.5 Å². The lowest BCUT2D eigenvalue weighted by atomic mass is 10.1. The molecule has 2 aromatic rings. The van der Waals surface area contributed by atoms with E-state index in [9.17, 15) is 19.8 Å². The molecule has 0 bridgehead atoms. The number of aromatic nitrogens is 1. The lowest BCUT2D eigenvalue weighted by molar-refractivity contribution is -0.298. The molecule has 2 N–H and O–H groups in total. The van der Waals surface area contributed by atoms with Crippen molar-refractivity contribution in [2.75, 3.05) is 6.61 Å². The number of nitrogens with zero attached hydrogens (tertiary/aromatic N) is 1. The van der Waals surface area contributed by atoms with E-state index in [0.29, 0.717) is 22.8 Å². The SMILES string of the molecule is CCOC(=O)C(O)C(O)(Cn1cc(C=O)c2ccccc21)OC(C)(C)C. The molecule has 0 aliphatic carbocycles. The van der Waals surface area contributed by atoms with Crippen molar-refractivity contribution in [1.29, 1.82) is 0 Å². The second kappa shape index (κ2) is 7.57. The number of aliphatic hydroxyl groups is 2. The van der Waals surface area contributed by atoms with Crippen molar-refractivity contribution in [1.82, 2.24) is 4.57 Å². The Balaban J connectivity index is 2.47. The van der Waals surface area contributed by atoms with Crippen molar-refractivity contribution >= 4 is 23.2 Å². The summed E-state index contributed by atoms with van der Waals surface area (Å²) in [4.78, 5) is 23.3. The smallest absolute Gasteiger partial charge is 0.340 e. The average Bonchev–Trinajstić information content (AvgIpc) is 2.90. The lowest BCUT2D eigenvalue weighted by Crippen LogP contribution is -2.55. The van der Waals surface area contributed by atoms with Gasteiger partial charge in [0.25, 0.3) is 0 Å². The molecule has 0 aliphatic heterocycles. The van der Waals surface area contributed by atoms with Gasteiger partial charge in [-0.2, -0.15) is 0 Å². The summed E-state index contributed by atoms with van der Waals surface area (Å²) in [7, 11) is 0. The summed E-state index contributed by atoms with van der Waals surface area (Å²) in [5, 5.41) is 22.1. The summed E-state index contributed by atoms with van der Waals surface area (Å²) in [6.45, 7) is 6.48. The zero-order valence-corrected chi connectivity index (χ0v) is 15.4. The van der Waals surface area contributed by atoms with Crippen LogP contribution in [0.15, 0.2) is 30.5 Å². The molecule has 1 aromatic carbocycles. The molecule has 26 heavy (non-hydrogen) atoms. The Morgan fingerprint density at radius 3 is 2.54 bits per heavy atom. The number of carbonyl (C=O) groups excluding carboxylic acids is 2. The van der Waals surface area contributed by atoms with E-state index in [0.717, 1.165) is 0 Å². The highest BCUT2D eigenvalue weighted by Crippen LogP contribution is 2.28. The van der Waals surface area contributed by atoms with Crippen LogP contribution < -0.4 is 0 Å². The number of rotatable bonds is 7. The van der Waals surface area contributed by atoms with Crippen molar-refractivity contribution in [2.24, 2.45) is 0 Å². The van der Waals surface area contributed by atoms with Gasteiger partial charge in [-0.15, -0.1) is 0 Å². The third-order valence-electron chi connectivity index (χ3n) is 3.76. The number of aliphatic hydroxyl groups excluding tert-OH is 1. The molecular formula is C19H25NO6. The monoisotopic (exact) mass is 363 g/mol. The van der Waals surface area contributed by atoms with E-state index in [2.05, 4.69) is 0 Å². The largest absolute Gasteiger partial charge is 0.464 e. The van der Waals surface area contributed by atoms with E-state index in [1.54, 1.807) is 62.7 Å². The molecular weight excluding hydrogens is 338 g/mol. The lowest BCUT2D eigenvalue weighted by Gasteiger charge is -2.37. The fourth-order valence-corrected chi connectivity index (χ4v) is 2.85. The summed E-state index contributed by atoms with van der Waals surface area (Å²) >= 11 is 0. The van der Waals surface area contributed by atoms with Gasteiger partial charge in [0.05, 0.1) is 18.8 Å². The molecule has 0 spiro atoms. The van der Waals surface area contributed by atoms with Gasteiger partial charge in [0.2, 0.25) is 11.9 Å². The van der Waals surface area contributed by atoms with Crippen LogP contribution in [-0.2, 0) is 20.8 Å². The number of fused-ring (bicyclic) bond motifs is 1. The highest BCUT2D eigenvalue weighted by molar-refractivity contribution is 5.97. The number of benzene rings is 1. The minimum atomic E-state index is -2.24. The summed E-state index contributed by atoms with van der Waals surface area (Å²) in [6.07, 6.45) is 0.346. The first-order valence-corrected chi connectivity index (χ1v) is 8.41. The molecule has 0 radical (unpaired) electrons. The van der Waals surface area contributed by atoms with Gasteiger partial charge in [0, 0.05) is 22.7 Å². The predicted molar refractivity (Wildman–Crippen MR) is 95.8 cm³/mol. The minimum absolute atomic E-state index is 0.0588. The number of aldehydes is 1. The van der Waals surface area contributed by atoms with E-state index in [4.69, 9.17) is 9.47 Å². The molecule has 1 aromatic heterocycles. The molecule has 2 atom stereocenters. The van der Waals surface area contributed by atoms with E-state index in [1.165, 1.54) is 0 Å². The van der Waals surface area contributed by atoms with Crippen LogP contribution in [0.4, 0.5) is 0 Å². The van der Waals surface area contributed by atoms with Gasteiger partial charge in [-0.05, 0) is 33.8 Å². The standard InChI is InChI=1S/C19H25NO6/c1-5-25-17(23)16(22)19(24,26-18(2,3)4)12-20-10-13(11-21)14-8-6-7-9-15(14)20/h6-11,16,22,24H,5,12H2,1-4H3. The van der Waals surface area contributed by atoms with Crippen LogP contribution >= 0.6 is 0 Å². The van der Waals surface area contributed by atoms with Gasteiger partial charge in [-0.3, -0.25) is 4.79 Å². The van der Waals surface area contributed by atoms with Crippen LogP contribution in [-0.4, -0.2) is 51.1 Å². The molecule has 142 valence electrons. The Hall–Kier alpha value is -2.22. The molecule has 0 saturated heterocycles. The van der Waals surface area contributed by atoms with E-state index in [-0.39, 0.29) is 13.2 Å². The van der Waals surface area contributed by atoms with E-state index >= 15 is 0 Å². The van der Waals surface area contributed by atoms with Crippen LogP contribution in [0.25, 0.3) is 10.9 Å². The third kappa shape index (κ3) is 4.30. The fraction of sp³-hybridized carbons (Fsp3) is 0.474. The first kappa shape index (κ1) is 20.1. The van der Waals surface area contributed by atoms with Gasteiger partial charge in [-0.25, -0.2) is 4.79 Å². The average molecular weight is 363 g/mol. The van der Waals surface area contributed by atoms with Gasteiger partial charge >= 0.3 is 5.97 Å². The topological polar surface area (TPSA) is 98.0 Å². The molecule has 0 fully saturated rings. The Morgan fingerprint density at radius 2 is 1.96 bits per heavy atom. The third-order valence-corrected chi connectivity index (χ3v) is 3.76. The first-order chi connectivity index (χ1) is 12.1. The number of esters is 1. The maximum Gasteiger partial charge on any atom is 0.340 e. The molecule has 0 aliphatic rings. The Labute approximate surface area is 152 Å². The number of para-hydroxylation sites is 1.